The van der Waals surface area contributed by atoms with Gasteiger partial charge in [-0.1, -0.05) is 49.0 Å². The normalized spacial score (nSPS) is 28.2. The fourth-order valence-corrected chi connectivity index (χ4v) is 7.16. The first kappa shape index (κ1) is 26.9. The average Bonchev–Trinajstić information content (AvgIpc) is 2.92. The second-order valence-electron chi connectivity index (χ2n) is 11.6. The van der Waals surface area contributed by atoms with E-state index in [2.05, 4.69) is 31.1 Å². The number of nitrogens with one attached hydrogen (secondary N) is 1. The van der Waals surface area contributed by atoms with E-state index in [1.54, 1.807) is 7.11 Å². The van der Waals surface area contributed by atoms with Crippen LogP contribution in [0.1, 0.15) is 48.5 Å². The fourth-order valence-electron chi connectivity index (χ4n) is 7.16. The van der Waals surface area contributed by atoms with Crippen molar-refractivity contribution in [2.24, 2.45) is 0 Å². The quantitative estimate of drug-likeness (QED) is 0.254. The lowest BCUT2D eigenvalue weighted by molar-refractivity contribution is -0.917. The molecule has 1 amide bonds. The van der Waals surface area contributed by atoms with E-state index in [0.717, 1.165) is 52.5 Å². The van der Waals surface area contributed by atoms with Gasteiger partial charge in [-0.25, -0.2) is 0 Å². The van der Waals surface area contributed by atoms with E-state index in [1.165, 1.54) is 6.92 Å². The minimum absolute atomic E-state index is 0.0601. The molecule has 3 aromatic carbocycles. The first-order valence-corrected chi connectivity index (χ1v) is 13.8. The van der Waals surface area contributed by atoms with Gasteiger partial charge in [0.25, 0.3) is 5.91 Å². The predicted octanol–water partition coefficient (Wildman–Crippen LogP) is 5.41. The lowest BCUT2D eigenvalue weighted by Gasteiger charge is -2.60. The van der Waals surface area contributed by atoms with E-state index in [-0.39, 0.29) is 17.9 Å². The maximum atomic E-state index is 13.5. The van der Waals surface area contributed by atoms with Crippen molar-refractivity contribution in [3.8, 4) is 5.75 Å². The van der Waals surface area contributed by atoms with Gasteiger partial charge in [-0.05, 0) is 65.9 Å². The Balaban J connectivity index is 1.52. The number of carbonyl (C=O) groups excluding carboxylic acids is 2. The number of benzene rings is 3. The molecule has 39 heavy (non-hydrogen) atoms. The smallest absolute Gasteiger partial charge is 0.303 e. The molecule has 204 valence electrons. The molecule has 6 nitrogen and oxygen atoms in total. The maximum absolute atomic E-state index is 13.5. The molecule has 6 heteroatoms. The van der Waals surface area contributed by atoms with Gasteiger partial charge < -0.3 is 19.3 Å². The predicted molar refractivity (Wildman–Crippen MR) is 154 cm³/mol. The van der Waals surface area contributed by atoms with Gasteiger partial charge in [0.2, 0.25) is 0 Å². The summed E-state index contributed by atoms with van der Waals surface area (Å²) in [6, 6.07) is 22.0. The van der Waals surface area contributed by atoms with Gasteiger partial charge in [0.1, 0.15) is 12.3 Å². The van der Waals surface area contributed by atoms with Crippen molar-refractivity contribution in [2.45, 2.75) is 49.7 Å². The minimum Gasteiger partial charge on any atom is -0.497 e. The number of hydrogen-bond donors (Lipinski definition) is 1. The number of carbonyl (C=O) groups is 2. The van der Waals surface area contributed by atoms with Gasteiger partial charge in [-0.2, -0.15) is 0 Å². The molecule has 2 fully saturated rings. The summed E-state index contributed by atoms with van der Waals surface area (Å²) in [6.07, 6.45) is 4.85. The summed E-state index contributed by atoms with van der Waals surface area (Å²) in [5, 5.41) is 5.49. The average molecular weight is 528 g/mol. The Kier molecular flexibility index (Phi) is 7.25. The third-order valence-corrected chi connectivity index (χ3v) is 8.96. The summed E-state index contributed by atoms with van der Waals surface area (Å²) in [7, 11) is 3.89. The first-order valence-electron chi connectivity index (χ1n) is 13.8. The topological polar surface area (TPSA) is 64.6 Å². The van der Waals surface area contributed by atoms with Crippen LogP contribution in [0.4, 0.5) is 0 Å². The van der Waals surface area contributed by atoms with Gasteiger partial charge in [-0.15, -0.1) is 0 Å². The van der Waals surface area contributed by atoms with Crippen molar-refractivity contribution >= 4 is 22.6 Å². The molecule has 1 saturated carbocycles. The number of amides is 1. The summed E-state index contributed by atoms with van der Waals surface area (Å²) in [5.74, 6) is 0.428. The summed E-state index contributed by atoms with van der Waals surface area (Å²) >= 11 is 0. The van der Waals surface area contributed by atoms with E-state index in [9.17, 15) is 9.59 Å². The molecule has 4 atom stereocenters. The van der Waals surface area contributed by atoms with Crippen LogP contribution in [0.2, 0.25) is 0 Å². The zero-order valence-corrected chi connectivity index (χ0v) is 23.2. The summed E-state index contributed by atoms with van der Waals surface area (Å²) in [5.41, 5.74) is 0.578. The SMILES string of the molecule is C=CC[N@@+]1(C)CC[C@@]2(c3cccc(OC)c3)C[C@@H](NC(=O)c3ccc4ccccc4c3)CCC2(OC(C)=O)C1. The molecule has 5 rings (SSSR count). The Labute approximate surface area is 231 Å². The molecular formula is C33H39N2O4+. The van der Waals surface area contributed by atoms with Crippen LogP contribution in [0.15, 0.2) is 79.4 Å². The van der Waals surface area contributed by atoms with Crippen molar-refractivity contribution in [1.82, 2.24) is 5.32 Å². The standard InChI is InChI=1S/C33H38N2O4/c1-5-18-35(3)19-17-32(28-11-8-12-30(21-28)38-4)22-29(15-16-33(32,23-35)39-24(2)36)34-31(37)27-14-13-25-9-6-7-10-26(25)20-27/h5-14,20-21,29H,1,15-19,22-23H2,2-4H3/p+1/t29-,32-,33?,35-/m0/s1. The van der Waals surface area contributed by atoms with Crippen LogP contribution in [0.5, 0.6) is 5.75 Å². The number of piperidine rings is 1. The number of fused-ring (bicyclic) bond motifs is 2. The molecule has 1 saturated heterocycles. The highest BCUT2D eigenvalue weighted by atomic mass is 16.6. The number of rotatable bonds is 7. The molecular weight excluding hydrogens is 488 g/mol. The zero-order chi connectivity index (χ0) is 27.7. The number of esters is 1. The van der Waals surface area contributed by atoms with Crippen molar-refractivity contribution in [2.75, 3.05) is 33.8 Å². The van der Waals surface area contributed by atoms with Crippen LogP contribution in [0, 0.1) is 0 Å². The second-order valence-corrected chi connectivity index (χ2v) is 11.6. The number of quaternary nitrogens is 1. The number of nitrogens with zero attached hydrogens (tertiary/aromatic N) is 1. The van der Waals surface area contributed by atoms with Gasteiger partial charge in [0.15, 0.2) is 5.60 Å². The van der Waals surface area contributed by atoms with E-state index in [4.69, 9.17) is 9.47 Å². The number of likely N-dealkylation sites (tertiary alicyclic amines) is 1. The molecule has 0 bridgehead atoms. The number of ether oxygens (including phenoxy) is 2. The van der Waals surface area contributed by atoms with E-state index < -0.39 is 11.0 Å². The van der Waals surface area contributed by atoms with Crippen LogP contribution < -0.4 is 10.1 Å². The molecule has 0 radical (unpaired) electrons. The molecule has 0 spiro atoms. The van der Waals surface area contributed by atoms with Crippen molar-refractivity contribution < 1.29 is 23.5 Å². The van der Waals surface area contributed by atoms with Crippen LogP contribution in [0.3, 0.4) is 0 Å². The molecule has 2 aliphatic rings. The van der Waals surface area contributed by atoms with Crippen LogP contribution in [-0.2, 0) is 14.9 Å². The minimum atomic E-state index is -0.703. The van der Waals surface area contributed by atoms with Gasteiger partial charge in [0, 0.05) is 30.4 Å². The third kappa shape index (κ3) is 5.06. The van der Waals surface area contributed by atoms with E-state index in [1.807, 2.05) is 60.7 Å². The van der Waals surface area contributed by atoms with Crippen LogP contribution in [0.25, 0.3) is 10.8 Å². The van der Waals surface area contributed by atoms with E-state index in [0.29, 0.717) is 24.9 Å². The molecule has 1 unspecified atom stereocenters. The highest BCUT2D eigenvalue weighted by Crippen LogP contribution is 2.55. The molecule has 3 aromatic rings. The van der Waals surface area contributed by atoms with Crippen molar-refractivity contribution in [3.05, 3.63) is 90.5 Å². The monoisotopic (exact) mass is 527 g/mol. The number of methoxy groups -OCH3 is 1. The lowest BCUT2D eigenvalue weighted by atomic mass is 9.54. The van der Waals surface area contributed by atoms with Gasteiger partial charge in [0.05, 0.1) is 27.2 Å². The Hall–Kier alpha value is -3.64. The largest absolute Gasteiger partial charge is 0.497 e. The molecule has 1 heterocycles. The highest BCUT2D eigenvalue weighted by molar-refractivity contribution is 5.98. The fraction of sp³-hybridized carbons (Fsp3) is 0.394. The third-order valence-electron chi connectivity index (χ3n) is 8.96. The molecule has 1 N–H and O–H groups in total. The number of hydrogen-bond acceptors (Lipinski definition) is 4. The van der Waals surface area contributed by atoms with Crippen molar-refractivity contribution in [3.63, 3.8) is 0 Å². The summed E-state index contributed by atoms with van der Waals surface area (Å²) < 4.78 is 12.8. The Morgan fingerprint density at radius 3 is 2.62 bits per heavy atom. The Bertz CT molecular complexity index is 1400. The summed E-state index contributed by atoms with van der Waals surface area (Å²) in [4.78, 5) is 26.1. The Morgan fingerprint density at radius 2 is 1.87 bits per heavy atom. The molecule has 0 aromatic heterocycles. The van der Waals surface area contributed by atoms with Crippen LogP contribution in [-0.4, -0.2) is 61.8 Å². The summed E-state index contributed by atoms with van der Waals surface area (Å²) in [6.45, 7) is 7.91. The van der Waals surface area contributed by atoms with E-state index >= 15 is 0 Å². The first-order chi connectivity index (χ1) is 18.7. The highest BCUT2D eigenvalue weighted by Gasteiger charge is 2.64. The molecule has 1 aliphatic heterocycles. The van der Waals surface area contributed by atoms with Crippen molar-refractivity contribution in [1.29, 1.82) is 0 Å². The maximum Gasteiger partial charge on any atom is 0.303 e. The zero-order valence-electron chi connectivity index (χ0n) is 23.2. The molecule has 1 aliphatic carbocycles. The Morgan fingerprint density at radius 1 is 1.08 bits per heavy atom. The van der Waals surface area contributed by atoms with Crippen LogP contribution >= 0.6 is 0 Å². The number of likely N-dealkylation sites (N-methyl/N-ethyl adjacent to an activating group) is 1. The second kappa shape index (κ2) is 10.5. The van der Waals surface area contributed by atoms with Gasteiger partial charge >= 0.3 is 5.97 Å². The lowest BCUT2D eigenvalue weighted by Crippen LogP contribution is -2.72. The van der Waals surface area contributed by atoms with Gasteiger partial charge in [-0.3, -0.25) is 9.59 Å².